The highest BCUT2D eigenvalue weighted by Gasteiger charge is 2.17. The maximum absolute atomic E-state index is 12.1. The van der Waals surface area contributed by atoms with Gasteiger partial charge in [0.2, 0.25) is 5.89 Å². The molecule has 0 radical (unpaired) electrons. The zero-order valence-electron chi connectivity index (χ0n) is 11.7. The van der Waals surface area contributed by atoms with Crippen LogP contribution in [0.2, 0.25) is 0 Å². The zero-order chi connectivity index (χ0) is 15.2. The number of hydrogen-bond acceptors (Lipinski definition) is 4. The minimum Gasteiger partial charge on any atom is -0.481 e. The van der Waals surface area contributed by atoms with Crippen molar-refractivity contribution in [3.05, 3.63) is 42.3 Å². The Bertz CT molecular complexity index is 622. The van der Waals surface area contributed by atoms with Crippen molar-refractivity contribution in [2.45, 2.75) is 12.8 Å². The van der Waals surface area contributed by atoms with E-state index in [1.54, 1.807) is 7.05 Å². The van der Waals surface area contributed by atoms with Gasteiger partial charge in [-0.3, -0.25) is 9.59 Å². The first-order valence-electron chi connectivity index (χ1n) is 6.56. The molecule has 0 aliphatic rings. The van der Waals surface area contributed by atoms with Crippen molar-refractivity contribution in [1.82, 2.24) is 9.88 Å². The van der Waals surface area contributed by atoms with Gasteiger partial charge in [-0.15, -0.1) is 0 Å². The summed E-state index contributed by atoms with van der Waals surface area (Å²) in [5, 5.41) is 8.58. The second-order valence-corrected chi connectivity index (χ2v) is 4.63. The fourth-order valence-electron chi connectivity index (χ4n) is 1.85. The van der Waals surface area contributed by atoms with Crippen LogP contribution in [0.5, 0.6) is 0 Å². The van der Waals surface area contributed by atoms with Gasteiger partial charge in [-0.2, -0.15) is 0 Å². The van der Waals surface area contributed by atoms with Gasteiger partial charge < -0.3 is 14.4 Å². The SMILES string of the molecule is CN(CCCC(=O)O)C(=O)c1coc(-c2ccccc2)n1. The molecule has 6 nitrogen and oxygen atoms in total. The number of carboxylic acids is 1. The quantitative estimate of drug-likeness (QED) is 0.881. The summed E-state index contributed by atoms with van der Waals surface area (Å²) in [5.74, 6) is -0.771. The Morgan fingerprint density at radius 2 is 2.00 bits per heavy atom. The summed E-state index contributed by atoms with van der Waals surface area (Å²) in [4.78, 5) is 28.2. The fourth-order valence-corrected chi connectivity index (χ4v) is 1.85. The first-order valence-corrected chi connectivity index (χ1v) is 6.56. The van der Waals surface area contributed by atoms with E-state index in [4.69, 9.17) is 9.52 Å². The second-order valence-electron chi connectivity index (χ2n) is 4.63. The Kier molecular flexibility index (Phi) is 4.71. The maximum atomic E-state index is 12.1. The summed E-state index contributed by atoms with van der Waals surface area (Å²) in [6.07, 6.45) is 1.75. The molecule has 1 N–H and O–H groups in total. The second kappa shape index (κ2) is 6.69. The molecule has 110 valence electrons. The van der Waals surface area contributed by atoms with Crippen molar-refractivity contribution in [1.29, 1.82) is 0 Å². The zero-order valence-corrected chi connectivity index (χ0v) is 11.7. The molecule has 0 aliphatic carbocycles. The van der Waals surface area contributed by atoms with Crippen LogP contribution in [0.4, 0.5) is 0 Å². The normalized spacial score (nSPS) is 10.3. The van der Waals surface area contributed by atoms with E-state index >= 15 is 0 Å². The molecule has 1 heterocycles. The number of carbonyl (C=O) groups is 2. The van der Waals surface area contributed by atoms with E-state index in [2.05, 4.69) is 4.98 Å². The number of aromatic nitrogens is 1. The van der Waals surface area contributed by atoms with Crippen LogP contribution >= 0.6 is 0 Å². The highest BCUT2D eigenvalue weighted by molar-refractivity contribution is 5.92. The highest BCUT2D eigenvalue weighted by atomic mass is 16.4. The molecule has 0 saturated heterocycles. The molecule has 0 atom stereocenters. The van der Waals surface area contributed by atoms with Crippen LogP contribution < -0.4 is 0 Å². The van der Waals surface area contributed by atoms with Crippen molar-refractivity contribution in [3.63, 3.8) is 0 Å². The molecular weight excluding hydrogens is 272 g/mol. The molecule has 0 spiro atoms. The first kappa shape index (κ1) is 14.8. The third-order valence-corrected chi connectivity index (χ3v) is 2.97. The van der Waals surface area contributed by atoms with Gasteiger partial charge in [-0.05, 0) is 18.6 Å². The summed E-state index contributed by atoms with van der Waals surface area (Å²) in [5.41, 5.74) is 1.01. The van der Waals surface area contributed by atoms with E-state index in [9.17, 15) is 9.59 Å². The van der Waals surface area contributed by atoms with Crippen molar-refractivity contribution in [2.75, 3.05) is 13.6 Å². The average molecular weight is 288 g/mol. The number of amides is 1. The van der Waals surface area contributed by atoms with Gasteiger partial charge >= 0.3 is 5.97 Å². The minimum atomic E-state index is -0.872. The van der Waals surface area contributed by atoms with Crippen molar-refractivity contribution < 1.29 is 19.1 Å². The van der Waals surface area contributed by atoms with Crippen LogP contribution in [0.3, 0.4) is 0 Å². The number of carboxylic acid groups (broad SMARTS) is 1. The van der Waals surface area contributed by atoms with Crippen LogP contribution in [0, 0.1) is 0 Å². The Labute approximate surface area is 122 Å². The Balaban J connectivity index is 2.00. The standard InChI is InChI=1S/C15H16N2O4/c1-17(9-5-8-13(18)19)15(20)12-10-21-14(16-12)11-6-3-2-4-7-11/h2-4,6-7,10H,5,8-9H2,1H3,(H,18,19). The fraction of sp³-hybridized carbons (Fsp3) is 0.267. The van der Waals surface area contributed by atoms with E-state index in [1.807, 2.05) is 30.3 Å². The highest BCUT2D eigenvalue weighted by Crippen LogP contribution is 2.18. The Hall–Kier alpha value is -2.63. The number of benzene rings is 1. The smallest absolute Gasteiger partial charge is 0.303 e. The van der Waals surface area contributed by atoms with Gasteiger partial charge in [-0.25, -0.2) is 4.98 Å². The van der Waals surface area contributed by atoms with E-state index in [1.165, 1.54) is 11.2 Å². The molecule has 21 heavy (non-hydrogen) atoms. The third-order valence-electron chi connectivity index (χ3n) is 2.97. The molecular formula is C15H16N2O4. The molecule has 2 rings (SSSR count). The average Bonchev–Trinajstić information content (AvgIpc) is 2.96. The van der Waals surface area contributed by atoms with E-state index in [0.29, 0.717) is 18.9 Å². The van der Waals surface area contributed by atoms with Crippen molar-refractivity contribution >= 4 is 11.9 Å². The Morgan fingerprint density at radius 3 is 2.67 bits per heavy atom. The largest absolute Gasteiger partial charge is 0.481 e. The van der Waals surface area contributed by atoms with Gasteiger partial charge in [0.25, 0.3) is 5.91 Å². The molecule has 0 bridgehead atoms. The molecule has 1 amide bonds. The monoisotopic (exact) mass is 288 g/mol. The number of nitrogens with zero attached hydrogens (tertiary/aromatic N) is 2. The van der Waals surface area contributed by atoms with Crippen molar-refractivity contribution in [3.8, 4) is 11.5 Å². The minimum absolute atomic E-state index is 0.0334. The molecule has 1 aromatic carbocycles. The summed E-state index contributed by atoms with van der Waals surface area (Å²) in [6.45, 7) is 0.360. The molecule has 2 aromatic rings. The molecule has 1 aromatic heterocycles. The number of aliphatic carboxylic acids is 1. The number of oxazole rings is 1. The van der Waals surface area contributed by atoms with Crippen LogP contribution in [0.25, 0.3) is 11.5 Å². The van der Waals surface area contributed by atoms with Gasteiger partial charge in [-0.1, -0.05) is 18.2 Å². The lowest BCUT2D eigenvalue weighted by Gasteiger charge is -2.14. The summed E-state index contributed by atoms with van der Waals surface area (Å²) < 4.78 is 5.31. The summed E-state index contributed by atoms with van der Waals surface area (Å²) in [7, 11) is 1.61. The van der Waals surface area contributed by atoms with Crippen LogP contribution in [-0.2, 0) is 4.79 Å². The molecule has 0 aliphatic heterocycles. The molecule has 0 fully saturated rings. The summed E-state index contributed by atoms with van der Waals surface area (Å²) >= 11 is 0. The van der Waals surface area contributed by atoms with Gasteiger partial charge in [0.1, 0.15) is 6.26 Å². The van der Waals surface area contributed by atoms with Gasteiger partial charge in [0.05, 0.1) is 0 Å². The predicted octanol–water partition coefficient (Wildman–Crippen LogP) is 2.28. The first-order chi connectivity index (χ1) is 10.1. The number of hydrogen-bond donors (Lipinski definition) is 1. The van der Waals surface area contributed by atoms with E-state index in [0.717, 1.165) is 5.56 Å². The van der Waals surface area contributed by atoms with Crippen molar-refractivity contribution in [2.24, 2.45) is 0 Å². The van der Waals surface area contributed by atoms with E-state index in [-0.39, 0.29) is 18.0 Å². The van der Waals surface area contributed by atoms with E-state index < -0.39 is 5.97 Å². The third kappa shape index (κ3) is 3.92. The summed E-state index contributed by atoms with van der Waals surface area (Å²) in [6, 6.07) is 9.29. The van der Waals surface area contributed by atoms with Crippen LogP contribution in [-0.4, -0.2) is 40.5 Å². The predicted molar refractivity (Wildman–Crippen MR) is 75.8 cm³/mol. The van der Waals surface area contributed by atoms with Gasteiger partial charge in [0, 0.05) is 25.6 Å². The lowest BCUT2D eigenvalue weighted by Crippen LogP contribution is -2.28. The maximum Gasteiger partial charge on any atom is 0.303 e. The molecule has 0 unspecified atom stereocenters. The lowest BCUT2D eigenvalue weighted by atomic mass is 10.2. The molecule has 6 heteroatoms. The number of carbonyl (C=O) groups excluding carboxylic acids is 1. The van der Waals surface area contributed by atoms with Crippen LogP contribution in [0.15, 0.2) is 41.0 Å². The van der Waals surface area contributed by atoms with Gasteiger partial charge in [0.15, 0.2) is 5.69 Å². The lowest BCUT2D eigenvalue weighted by molar-refractivity contribution is -0.137. The Morgan fingerprint density at radius 1 is 1.29 bits per heavy atom. The molecule has 0 saturated carbocycles. The topological polar surface area (TPSA) is 83.6 Å². The number of rotatable bonds is 6. The van der Waals surface area contributed by atoms with Crippen LogP contribution in [0.1, 0.15) is 23.3 Å².